The van der Waals surface area contributed by atoms with Gasteiger partial charge in [0.15, 0.2) is 0 Å². The normalized spacial score (nSPS) is 17.4. The second-order valence-corrected chi connectivity index (χ2v) is 4.32. The van der Waals surface area contributed by atoms with Gasteiger partial charge in [0.2, 0.25) is 5.89 Å². The molecule has 1 N–H and O–H groups in total. The van der Waals surface area contributed by atoms with Gasteiger partial charge in [0.05, 0.1) is 12.7 Å². The minimum Gasteiger partial charge on any atom is -0.444 e. The van der Waals surface area contributed by atoms with Crippen LogP contribution < -0.4 is 5.32 Å². The molecular weight excluding hydrogens is 176 g/mol. The van der Waals surface area contributed by atoms with E-state index in [4.69, 9.17) is 4.42 Å². The van der Waals surface area contributed by atoms with Gasteiger partial charge in [-0.1, -0.05) is 20.3 Å². The molecule has 0 bridgehead atoms. The molecule has 0 amide bonds. The highest BCUT2D eigenvalue weighted by molar-refractivity contribution is 5.05. The first-order valence-corrected chi connectivity index (χ1v) is 5.43. The number of nitrogens with zero attached hydrogens (tertiary/aromatic N) is 1. The van der Waals surface area contributed by atoms with Crippen molar-refractivity contribution in [2.75, 3.05) is 0 Å². The molecule has 0 atom stereocenters. The highest BCUT2D eigenvalue weighted by atomic mass is 16.4. The van der Waals surface area contributed by atoms with Crippen molar-refractivity contribution in [3.63, 3.8) is 0 Å². The molecule has 1 aliphatic carbocycles. The smallest absolute Gasteiger partial charge is 0.208 e. The lowest BCUT2D eigenvalue weighted by molar-refractivity contribution is 0.329. The van der Waals surface area contributed by atoms with Crippen molar-refractivity contribution in [2.45, 2.75) is 51.6 Å². The van der Waals surface area contributed by atoms with Crippen LogP contribution in [0.2, 0.25) is 0 Å². The molecule has 0 spiro atoms. The van der Waals surface area contributed by atoms with Gasteiger partial charge >= 0.3 is 0 Å². The van der Waals surface area contributed by atoms with Crippen LogP contribution in [0.1, 0.15) is 50.7 Å². The average Bonchev–Trinajstić information content (AvgIpc) is 2.46. The second-order valence-electron chi connectivity index (χ2n) is 4.32. The van der Waals surface area contributed by atoms with Crippen LogP contribution in [0.25, 0.3) is 0 Å². The molecule has 3 nitrogen and oxygen atoms in total. The van der Waals surface area contributed by atoms with Crippen molar-refractivity contribution in [2.24, 2.45) is 0 Å². The summed E-state index contributed by atoms with van der Waals surface area (Å²) < 4.78 is 5.66. The first-order valence-electron chi connectivity index (χ1n) is 5.43. The number of nitrogens with one attached hydrogen (secondary N) is 1. The van der Waals surface area contributed by atoms with E-state index < -0.39 is 0 Å². The Balaban J connectivity index is 1.89. The molecule has 0 aliphatic heterocycles. The largest absolute Gasteiger partial charge is 0.444 e. The summed E-state index contributed by atoms with van der Waals surface area (Å²) in [6.45, 7) is 4.98. The Kier molecular flexibility index (Phi) is 2.87. The predicted molar refractivity (Wildman–Crippen MR) is 55.1 cm³/mol. The highest BCUT2D eigenvalue weighted by Gasteiger charge is 2.23. The van der Waals surface area contributed by atoms with E-state index in [-0.39, 0.29) is 0 Å². The summed E-state index contributed by atoms with van der Waals surface area (Å²) in [6.07, 6.45) is 5.77. The topological polar surface area (TPSA) is 38.1 Å². The minimum absolute atomic E-state index is 0.481. The lowest BCUT2D eigenvalue weighted by Crippen LogP contribution is -2.21. The van der Waals surface area contributed by atoms with E-state index in [1.165, 1.54) is 19.3 Å². The van der Waals surface area contributed by atoms with Gasteiger partial charge in [0.25, 0.3) is 0 Å². The second kappa shape index (κ2) is 4.13. The summed E-state index contributed by atoms with van der Waals surface area (Å²) in [7, 11) is 0. The maximum Gasteiger partial charge on any atom is 0.208 e. The highest BCUT2D eigenvalue weighted by Crippen LogP contribution is 2.36. The third-order valence-corrected chi connectivity index (χ3v) is 2.74. The van der Waals surface area contributed by atoms with E-state index in [1.807, 2.05) is 6.20 Å². The summed E-state index contributed by atoms with van der Waals surface area (Å²) in [5.41, 5.74) is 0. The standard InChI is InChI=1S/C11H18N2O/c1-8(2)12-7-11-13-6-10(14-11)9-4-3-5-9/h6,8-9,12H,3-5,7H2,1-2H3. The molecule has 1 heterocycles. The zero-order valence-corrected chi connectivity index (χ0v) is 8.92. The average molecular weight is 194 g/mol. The molecule has 0 saturated heterocycles. The summed E-state index contributed by atoms with van der Waals surface area (Å²) >= 11 is 0. The Morgan fingerprint density at radius 1 is 1.57 bits per heavy atom. The molecular formula is C11H18N2O. The molecule has 0 aromatic carbocycles. The third kappa shape index (κ3) is 2.15. The van der Waals surface area contributed by atoms with Crippen molar-refractivity contribution in [1.82, 2.24) is 10.3 Å². The monoisotopic (exact) mass is 194 g/mol. The molecule has 1 aromatic heterocycles. The number of oxazole rings is 1. The summed E-state index contributed by atoms with van der Waals surface area (Å²) in [6, 6.07) is 0.481. The fourth-order valence-corrected chi connectivity index (χ4v) is 1.58. The van der Waals surface area contributed by atoms with Gasteiger partial charge in [-0.3, -0.25) is 0 Å². The first-order chi connectivity index (χ1) is 6.75. The van der Waals surface area contributed by atoms with Crippen LogP contribution in [0.3, 0.4) is 0 Å². The molecule has 1 saturated carbocycles. The third-order valence-electron chi connectivity index (χ3n) is 2.74. The lowest BCUT2D eigenvalue weighted by atomic mass is 9.84. The summed E-state index contributed by atoms with van der Waals surface area (Å²) in [5, 5.41) is 3.29. The number of rotatable bonds is 4. The van der Waals surface area contributed by atoms with Crippen molar-refractivity contribution in [1.29, 1.82) is 0 Å². The molecule has 3 heteroatoms. The fraction of sp³-hybridized carbons (Fsp3) is 0.727. The van der Waals surface area contributed by atoms with Crippen molar-refractivity contribution in [3.8, 4) is 0 Å². The van der Waals surface area contributed by atoms with E-state index >= 15 is 0 Å². The van der Waals surface area contributed by atoms with Gasteiger partial charge < -0.3 is 9.73 Å². The zero-order valence-electron chi connectivity index (χ0n) is 8.92. The van der Waals surface area contributed by atoms with Crippen molar-refractivity contribution in [3.05, 3.63) is 17.8 Å². The van der Waals surface area contributed by atoms with Crippen LogP contribution in [-0.2, 0) is 6.54 Å². The fourth-order valence-electron chi connectivity index (χ4n) is 1.58. The van der Waals surface area contributed by atoms with Gasteiger partial charge in [0, 0.05) is 12.0 Å². The van der Waals surface area contributed by atoms with Crippen LogP contribution in [0, 0.1) is 0 Å². The Hall–Kier alpha value is -0.830. The summed E-state index contributed by atoms with van der Waals surface area (Å²) in [5.74, 6) is 2.55. The first kappa shape index (κ1) is 9.71. The lowest BCUT2D eigenvalue weighted by Gasteiger charge is -2.22. The SMILES string of the molecule is CC(C)NCc1ncc(C2CCC2)o1. The van der Waals surface area contributed by atoms with Crippen LogP contribution >= 0.6 is 0 Å². The molecule has 1 aromatic rings. The molecule has 0 radical (unpaired) electrons. The van der Waals surface area contributed by atoms with Gasteiger partial charge in [-0.15, -0.1) is 0 Å². The van der Waals surface area contributed by atoms with Gasteiger partial charge in [0.1, 0.15) is 5.76 Å². The quantitative estimate of drug-likeness (QED) is 0.800. The predicted octanol–water partition coefficient (Wildman–Crippen LogP) is 2.44. The van der Waals surface area contributed by atoms with Crippen molar-refractivity contribution >= 4 is 0 Å². The number of hydrogen-bond acceptors (Lipinski definition) is 3. The maximum atomic E-state index is 5.66. The Morgan fingerprint density at radius 3 is 2.93 bits per heavy atom. The van der Waals surface area contributed by atoms with Crippen LogP contribution in [0.5, 0.6) is 0 Å². The Labute approximate surface area is 84.9 Å². The van der Waals surface area contributed by atoms with Gasteiger partial charge in [-0.05, 0) is 12.8 Å². The summed E-state index contributed by atoms with van der Waals surface area (Å²) in [4.78, 5) is 4.26. The van der Waals surface area contributed by atoms with Crippen molar-refractivity contribution < 1.29 is 4.42 Å². The molecule has 14 heavy (non-hydrogen) atoms. The number of aromatic nitrogens is 1. The minimum atomic E-state index is 0.481. The van der Waals surface area contributed by atoms with E-state index in [2.05, 4.69) is 24.1 Å². The molecule has 1 fully saturated rings. The molecule has 78 valence electrons. The molecule has 1 aliphatic rings. The number of hydrogen-bond donors (Lipinski definition) is 1. The van der Waals surface area contributed by atoms with Crippen LogP contribution in [0.15, 0.2) is 10.6 Å². The Bertz CT molecular complexity index is 289. The zero-order chi connectivity index (χ0) is 9.97. The van der Waals surface area contributed by atoms with Gasteiger partial charge in [-0.2, -0.15) is 0 Å². The molecule has 0 unspecified atom stereocenters. The molecule has 2 rings (SSSR count). The van der Waals surface area contributed by atoms with Crippen LogP contribution in [-0.4, -0.2) is 11.0 Å². The van der Waals surface area contributed by atoms with E-state index in [0.29, 0.717) is 12.0 Å². The Morgan fingerprint density at radius 2 is 2.36 bits per heavy atom. The maximum absolute atomic E-state index is 5.66. The van der Waals surface area contributed by atoms with E-state index in [1.54, 1.807) is 0 Å². The van der Waals surface area contributed by atoms with E-state index in [9.17, 15) is 0 Å². The van der Waals surface area contributed by atoms with Crippen LogP contribution in [0.4, 0.5) is 0 Å². The van der Waals surface area contributed by atoms with E-state index in [0.717, 1.165) is 18.2 Å². The van der Waals surface area contributed by atoms with Gasteiger partial charge in [-0.25, -0.2) is 4.98 Å².